The minimum atomic E-state index is -0.849. The molecule has 3 rings (SSSR count). The molecular weight excluding hydrogens is 284 g/mol. The van der Waals surface area contributed by atoms with Gasteiger partial charge < -0.3 is 19.6 Å². The van der Waals surface area contributed by atoms with Gasteiger partial charge in [-0.2, -0.15) is 0 Å². The van der Waals surface area contributed by atoms with Gasteiger partial charge in [0.1, 0.15) is 6.23 Å². The van der Waals surface area contributed by atoms with E-state index < -0.39 is 6.09 Å². The highest BCUT2D eigenvalue weighted by Crippen LogP contribution is 2.40. The van der Waals surface area contributed by atoms with E-state index in [0.717, 1.165) is 51.4 Å². The Kier molecular flexibility index (Phi) is 4.30. The van der Waals surface area contributed by atoms with Crippen molar-refractivity contribution in [1.82, 2.24) is 9.80 Å². The maximum atomic E-state index is 12.5. The van der Waals surface area contributed by atoms with E-state index in [4.69, 9.17) is 9.84 Å². The highest BCUT2D eigenvalue weighted by Gasteiger charge is 2.45. The van der Waals surface area contributed by atoms with Crippen molar-refractivity contribution < 1.29 is 19.4 Å². The fraction of sp³-hybridized carbons (Fsp3) is 0.875. The second kappa shape index (κ2) is 6.07. The Morgan fingerprint density at radius 3 is 2.36 bits per heavy atom. The molecule has 6 heteroatoms. The average molecular weight is 310 g/mol. The largest absolute Gasteiger partial charge is 0.465 e. The molecule has 2 heterocycles. The number of carbonyl (C=O) groups is 2. The normalized spacial score (nSPS) is 28.2. The number of likely N-dealkylation sites (tertiary alicyclic amines) is 1. The summed E-state index contributed by atoms with van der Waals surface area (Å²) in [5.41, 5.74) is -0.221. The molecule has 3 fully saturated rings. The van der Waals surface area contributed by atoms with Crippen molar-refractivity contribution in [3.63, 3.8) is 0 Å². The molecule has 0 aromatic carbocycles. The molecule has 1 unspecified atom stereocenters. The second-order valence-corrected chi connectivity index (χ2v) is 6.99. The number of ether oxygens (including phenoxy) is 1. The van der Waals surface area contributed by atoms with Crippen molar-refractivity contribution >= 4 is 12.0 Å². The molecule has 124 valence electrons. The lowest BCUT2D eigenvalue weighted by atomic mass is 9.89. The molecule has 1 atom stereocenters. The zero-order chi connectivity index (χ0) is 15.7. The van der Waals surface area contributed by atoms with Crippen LogP contribution in [0.5, 0.6) is 0 Å². The Morgan fingerprint density at radius 1 is 1.14 bits per heavy atom. The van der Waals surface area contributed by atoms with Crippen molar-refractivity contribution in [1.29, 1.82) is 0 Å². The summed E-state index contributed by atoms with van der Waals surface area (Å²) in [6.45, 7) is 1.06. The third-order valence-corrected chi connectivity index (χ3v) is 5.66. The molecule has 3 aliphatic rings. The summed E-state index contributed by atoms with van der Waals surface area (Å²) in [6, 6.07) is 0. The Hall–Kier alpha value is -1.30. The second-order valence-electron chi connectivity index (χ2n) is 6.99. The van der Waals surface area contributed by atoms with Crippen LogP contribution in [0.1, 0.15) is 51.4 Å². The van der Waals surface area contributed by atoms with Crippen molar-refractivity contribution in [3.8, 4) is 0 Å². The van der Waals surface area contributed by atoms with Gasteiger partial charge in [0.2, 0.25) is 5.91 Å². The molecule has 0 aromatic heterocycles. The molecule has 0 radical (unpaired) electrons. The predicted octanol–water partition coefficient (Wildman–Crippen LogP) is 2.28. The Bertz CT molecular complexity index is 439. The molecule has 2 aliphatic heterocycles. The van der Waals surface area contributed by atoms with E-state index in [1.165, 1.54) is 4.90 Å². The van der Waals surface area contributed by atoms with E-state index in [0.29, 0.717) is 13.1 Å². The number of hydrogen-bond acceptors (Lipinski definition) is 3. The maximum Gasteiger partial charge on any atom is 0.407 e. The van der Waals surface area contributed by atoms with Crippen molar-refractivity contribution in [3.05, 3.63) is 0 Å². The smallest absolute Gasteiger partial charge is 0.407 e. The van der Waals surface area contributed by atoms with Crippen LogP contribution in [0.4, 0.5) is 4.79 Å². The third-order valence-electron chi connectivity index (χ3n) is 5.66. The fourth-order valence-electron chi connectivity index (χ4n) is 4.14. The van der Waals surface area contributed by atoms with E-state index in [1.54, 1.807) is 4.90 Å². The van der Waals surface area contributed by atoms with Gasteiger partial charge in [0.15, 0.2) is 0 Å². The van der Waals surface area contributed by atoms with Crippen LogP contribution in [0.3, 0.4) is 0 Å². The van der Waals surface area contributed by atoms with E-state index >= 15 is 0 Å². The summed E-state index contributed by atoms with van der Waals surface area (Å²) in [5.74, 6) is 0.404. The molecule has 2 saturated heterocycles. The molecule has 2 amide bonds. The Labute approximate surface area is 131 Å². The van der Waals surface area contributed by atoms with E-state index in [1.807, 2.05) is 7.05 Å². The molecule has 1 spiro atoms. The third kappa shape index (κ3) is 2.93. The quantitative estimate of drug-likeness (QED) is 0.849. The van der Waals surface area contributed by atoms with Crippen LogP contribution in [0.2, 0.25) is 0 Å². The van der Waals surface area contributed by atoms with Crippen LogP contribution >= 0.6 is 0 Å². The predicted molar refractivity (Wildman–Crippen MR) is 80.4 cm³/mol. The Balaban J connectivity index is 1.55. The van der Waals surface area contributed by atoms with Gasteiger partial charge in [0, 0.05) is 26.1 Å². The van der Waals surface area contributed by atoms with Crippen LogP contribution < -0.4 is 0 Å². The van der Waals surface area contributed by atoms with E-state index in [9.17, 15) is 9.59 Å². The fourth-order valence-corrected chi connectivity index (χ4v) is 4.14. The first-order chi connectivity index (χ1) is 10.5. The monoisotopic (exact) mass is 310 g/mol. The van der Waals surface area contributed by atoms with Gasteiger partial charge in [-0.05, 0) is 38.5 Å². The van der Waals surface area contributed by atoms with Gasteiger partial charge in [-0.25, -0.2) is 4.79 Å². The van der Waals surface area contributed by atoms with E-state index in [2.05, 4.69) is 0 Å². The molecule has 6 nitrogen and oxygen atoms in total. The molecule has 1 aliphatic carbocycles. The summed E-state index contributed by atoms with van der Waals surface area (Å²) in [7, 11) is 1.86. The number of carbonyl (C=O) groups excluding carboxylic acids is 1. The molecule has 1 saturated carbocycles. The minimum Gasteiger partial charge on any atom is -0.465 e. The number of nitrogens with zero attached hydrogens (tertiary/aromatic N) is 2. The highest BCUT2D eigenvalue weighted by atomic mass is 16.5. The van der Waals surface area contributed by atoms with Crippen LogP contribution in [-0.4, -0.2) is 58.9 Å². The number of carboxylic acid groups (broad SMARTS) is 1. The van der Waals surface area contributed by atoms with Crippen molar-refractivity contribution in [2.24, 2.45) is 5.92 Å². The summed E-state index contributed by atoms with van der Waals surface area (Å²) < 4.78 is 6.25. The van der Waals surface area contributed by atoms with Crippen molar-refractivity contribution in [2.45, 2.75) is 63.2 Å². The first-order valence-electron chi connectivity index (χ1n) is 8.43. The molecule has 1 N–H and O–H groups in total. The number of amides is 2. The first kappa shape index (κ1) is 15.6. The maximum absolute atomic E-state index is 12.5. The van der Waals surface area contributed by atoms with Gasteiger partial charge in [-0.1, -0.05) is 12.8 Å². The first-order valence-corrected chi connectivity index (χ1v) is 8.43. The zero-order valence-electron chi connectivity index (χ0n) is 13.3. The summed E-state index contributed by atoms with van der Waals surface area (Å²) in [4.78, 5) is 26.8. The van der Waals surface area contributed by atoms with Gasteiger partial charge in [-0.15, -0.1) is 0 Å². The van der Waals surface area contributed by atoms with Gasteiger partial charge in [0.25, 0.3) is 0 Å². The molecule has 0 aromatic rings. The van der Waals surface area contributed by atoms with E-state index in [-0.39, 0.29) is 23.7 Å². The molecule has 22 heavy (non-hydrogen) atoms. The number of piperidine rings is 1. The van der Waals surface area contributed by atoms with Crippen LogP contribution in [0.25, 0.3) is 0 Å². The van der Waals surface area contributed by atoms with Gasteiger partial charge >= 0.3 is 6.09 Å². The molecular formula is C16H26N2O4. The van der Waals surface area contributed by atoms with Gasteiger partial charge in [-0.3, -0.25) is 4.79 Å². The number of rotatable bonds is 2. The average Bonchev–Trinajstić information content (AvgIpc) is 3.17. The van der Waals surface area contributed by atoms with Crippen LogP contribution in [0.15, 0.2) is 0 Å². The zero-order valence-corrected chi connectivity index (χ0v) is 13.3. The minimum absolute atomic E-state index is 0.135. The van der Waals surface area contributed by atoms with Crippen LogP contribution in [-0.2, 0) is 9.53 Å². The Morgan fingerprint density at radius 2 is 1.77 bits per heavy atom. The summed E-state index contributed by atoms with van der Waals surface area (Å²) in [6.07, 6.45) is 6.61. The number of hydrogen-bond donors (Lipinski definition) is 1. The lowest BCUT2D eigenvalue weighted by molar-refractivity contribution is -0.157. The van der Waals surface area contributed by atoms with Crippen LogP contribution in [0, 0.1) is 5.92 Å². The van der Waals surface area contributed by atoms with Gasteiger partial charge in [0.05, 0.1) is 5.60 Å². The lowest BCUT2D eigenvalue weighted by Gasteiger charge is -2.38. The van der Waals surface area contributed by atoms with Crippen molar-refractivity contribution in [2.75, 3.05) is 20.1 Å². The standard InChI is InChI=1S/C16H26N2O4/c1-17(14(19)12-4-2-3-5-12)13-6-7-16(22-13)8-10-18(11-9-16)15(20)21/h12-13H,2-11H2,1H3,(H,20,21). The summed E-state index contributed by atoms with van der Waals surface area (Å²) >= 11 is 0. The SMILES string of the molecule is CN(C(=O)C1CCCC1)C1CCC2(CCN(C(=O)O)CC2)O1. The lowest BCUT2D eigenvalue weighted by Crippen LogP contribution is -2.48. The summed E-state index contributed by atoms with van der Waals surface area (Å²) in [5, 5.41) is 9.04. The molecule has 0 bridgehead atoms. The topological polar surface area (TPSA) is 70.1 Å². The highest BCUT2D eigenvalue weighted by molar-refractivity contribution is 5.79.